The second-order valence-corrected chi connectivity index (χ2v) is 8.67. The smallest absolute Gasteiger partial charge is 0.410 e. The minimum absolute atomic E-state index is 0.00972. The number of hydrogen-bond donors (Lipinski definition) is 1. The van der Waals surface area contributed by atoms with Gasteiger partial charge in [-0.3, -0.25) is 9.69 Å². The van der Waals surface area contributed by atoms with Crippen molar-refractivity contribution in [1.29, 1.82) is 0 Å². The molecule has 0 saturated carbocycles. The Bertz CT molecular complexity index is 960. The van der Waals surface area contributed by atoms with Crippen molar-refractivity contribution in [3.63, 3.8) is 0 Å². The van der Waals surface area contributed by atoms with Crippen LogP contribution in [0.25, 0.3) is 0 Å². The summed E-state index contributed by atoms with van der Waals surface area (Å²) in [5.41, 5.74) is 1.83. The molecule has 164 valence electrons. The predicted molar refractivity (Wildman–Crippen MR) is 118 cm³/mol. The monoisotopic (exact) mass is 488 g/mol. The van der Waals surface area contributed by atoms with Gasteiger partial charge >= 0.3 is 6.09 Å². The van der Waals surface area contributed by atoms with Gasteiger partial charge in [-0.05, 0) is 36.1 Å². The number of nitrogens with zero attached hydrogens (tertiary/aromatic N) is 2. The number of ether oxygens (including phenoxy) is 2. The number of phenols is 1. The quantitative estimate of drug-likeness (QED) is 0.690. The third-order valence-corrected chi connectivity index (χ3v) is 6.73. The summed E-state index contributed by atoms with van der Waals surface area (Å²) in [6.07, 6.45) is 1.35. The highest BCUT2D eigenvalue weighted by molar-refractivity contribution is 9.10. The van der Waals surface area contributed by atoms with Gasteiger partial charge in [0.15, 0.2) is 11.5 Å². The van der Waals surface area contributed by atoms with Gasteiger partial charge in [-0.2, -0.15) is 0 Å². The maximum Gasteiger partial charge on any atom is 0.410 e. The molecule has 2 aliphatic rings. The van der Waals surface area contributed by atoms with E-state index in [2.05, 4.69) is 15.9 Å². The number of hydrogen-bond acceptors (Lipinski definition) is 5. The Labute approximate surface area is 189 Å². The number of aromatic hydroxyl groups is 1. The molecule has 4 rings (SSSR count). The Balaban J connectivity index is 1.39. The average molecular weight is 489 g/mol. The molecule has 2 fully saturated rings. The lowest BCUT2D eigenvalue weighted by molar-refractivity contribution is -0.131. The maximum absolute atomic E-state index is 12.9. The normalized spacial score (nSPS) is 19.4. The van der Waals surface area contributed by atoms with Crippen molar-refractivity contribution in [2.24, 2.45) is 0 Å². The van der Waals surface area contributed by atoms with Crippen LogP contribution < -0.4 is 4.74 Å². The van der Waals surface area contributed by atoms with E-state index in [0.717, 1.165) is 11.1 Å². The van der Waals surface area contributed by atoms with Crippen LogP contribution in [0.1, 0.15) is 30.0 Å². The topological polar surface area (TPSA) is 79.3 Å². The summed E-state index contributed by atoms with van der Waals surface area (Å²) in [5.74, 6) is 0.372. The first-order valence-corrected chi connectivity index (χ1v) is 11.1. The minimum Gasteiger partial charge on any atom is -0.504 e. The first-order valence-electron chi connectivity index (χ1n) is 10.3. The van der Waals surface area contributed by atoms with Crippen molar-refractivity contribution < 1.29 is 24.2 Å². The molecule has 8 heteroatoms. The van der Waals surface area contributed by atoms with Gasteiger partial charge in [-0.25, -0.2) is 4.79 Å². The molecule has 2 amide bonds. The third kappa shape index (κ3) is 4.49. The lowest BCUT2D eigenvalue weighted by Gasteiger charge is -2.38. The largest absolute Gasteiger partial charge is 0.504 e. The van der Waals surface area contributed by atoms with Crippen LogP contribution in [-0.4, -0.2) is 59.8 Å². The van der Waals surface area contributed by atoms with Gasteiger partial charge in [0, 0.05) is 23.6 Å². The summed E-state index contributed by atoms with van der Waals surface area (Å²) in [4.78, 5) is 29.0. The fourth-order valence-electron chi connectivity index (χ4n) is 4.32. The van der Waals surface area contributed by atoms with Gasteiger partial charge in [0.25, 0.3) is 0 Å². The number of cyclic esters (lactones) is 1. The van der Waals surface area contributed by atoms with Crippen molar-refractivity contribution >= 4 is 27.9 Å². The number of benzene rings is 2. The van der Waals surface area contributed by atoms with E-state index in [1.54, 1.807) is 6.07 Å². The van der Waals surface area contributed by atoms with Crippen LogP contribution in [0, 0.1) is 0 Å². The minimum atomic E-state index is -0.279. The molecule has 0 radical (unpaired) electrons. The molecule has 2 aromatic rings. The number of carbonyl (C=O) groups excluding carboxylic acids is 2. The molecule has 2 heterocycles. The maximum atomic E-state index is 12.9. The van der Waals surface area contributed by atoms with E-state index in [4.69, 9.17) is 9.47 Å². The highest BCUT2D eigenvalue weighted by atomic mass is 79.9. The van der Waals surface area contributed by atoms with Crippen LogP contribution in [-0.2, 0) is 16.0 Å². The average Bonchev–Trinajstić information content (AvgIpc) is 3.17. The van der Waals surface area contributed by atoms with E-state index in [-0.39, 0.29) is 36.3 Å². The second kappa shape index (κ2) is 9.18. The highest BCUT2D eigenvalue weighted by Gasteiger charge is 2.40. The summed E-state index contributed by atoms with van der Waals surface area (Å²) in [7, 11) is 1.48. The first kappa shape index (κ1) is 21.5. The molecule has 31 heavy (non-hydrogen) atoms. The van der Waals surface area contributed by atoms with E-state index in [0.29, 0.717) is 42.8 Å². The zero-order valence-electron chi connectivity index (χ0n) is 17.3. The van der Waals surface area contributed by atoms with Gasteiger partial charge in [0.05, 0.1) is 19.6 Å². The summed E-state index contributed by atoms with van der Waals surface area (Å²) in [6, 6.07) is 13.1. The van der Waals surface area contributed by atoms with Crippen LogP contribution in [0.15, 0.2) is 46.9 Å². The molecule has 7 nitrogen and oxygen atoms in total. The standard InChI is InChI=1S/C23H25BrN2O5/c1-30-21-11-16(18(24)13-20(21)27)12-22(28)25-9-7-17(8-10-25)26-19(14-31-23(26)29)15-5-3-2-4-6-15/h2-6,11,13,17,19,27H,7-10,12,14H2,1H3. The van der Waals surface area contributed by atoms with Gasteiger partial charge in [0.1, 0.15) is 6.61 Å². The van der Waals surface area contributed by atoms with Crippen molar-refractivity contribution in [3.8, 4) is 11.5 Å². The molecule has 2 aliphatic heterocycles. The Hall–Kier alpha value is -2.74. The van der Waals surface area contributed by atoms with E-state index < -0.39 is 0 Å². The van der Waals surface area contributed by atoms with E-state index in [1.165, 1.54) is 13.2 Å². The highest BCUT2D eigenvalue weighted by Crippen LogP contribution is 2.34. The molecule has 2 saturated heterocycles. The van der Waals surface area contributed by atoms with E-state index in [1.807, 2.05) is 40.1 Å². The van der Waals surface area contributed by atoms with Crippen molar-refractivity contribution in [3.05, 3.63) is 58.1 Å². The molecule has 0 bridgehead atoms. The zero-order chi connectivity index (χ0) is 22.0. The van der Waals surface area contributed by atoms with Gasteiger partial charge < -0.3 is 19.5 Å². The van der Waals surface area contributed by atoms with E-state index >= 15 is 0 Å². The van der Waals surface area contributed by atoms with E-state index in [9.17, 15) is 14.7 Å². The summed E-state index contributed by atoms with van der Waals surface area (Å²) < 4.78 is 11.2. The third-order valence-electron chi connectivity index (χ3n) is 6.00. The number of amides is 2. The van der Waals surface area contributed by atoms with Gasteiger partial charge in [0.2, 0.25) is 5.91 Å². The molecule has 0 spiro atoms. The molecule has 0 aliphatic carbocycles. The van der Waals surface area contributed by atoms with Gasteiger partial charge in [-0.1, -0.05) is 46.3 Å². The van der Waals surface area contributed by atoms with Crippen molar-refractivity contribution in [2.45, 2.75) is 31.3 Å². The Morgan fingerprint density at radius 3 is 2.61 bits per heavy atom. The number of rotatable bonds is 5. The first-order chi connectivity index (χ1) is 15.0. The van der Waals surface area contributed by atoms with Crippen LogP contribution >= 0.6 is 15.9 Å². The fraction of sp³-hybridized carbons (Fsp3) is 0.391. The summed E-state index contributed by atoms with van der Waals surface area (Å²) >= 11 is 3.41. The van der Waals surface area contributed by atoms with Crippen molar-refractivity contribution in [2.75, 3.05) is 26.8 Å². The predicted octanol–water partition coefficient (Wildman–Crippen LogP) is 3.89. The zero-order valence-corrected chi connectivity index (χ0v) is 18.9. The number of carbonyl (C=O) groups is 2. The fourth-order valence-corrected chi connectivity index (χ4v) is 4.79. The SMILES string of the molecule is COc1cc(CC(=O)N2CCC(N3C(=O)OCC3c3ccccc3)CC2)c(Br)cc1O. The van der Waals surface area contributed by atoms with Crippen LogP contribution in [0.3, 0.4) is 0 Å². The molecular formula is C23H25BrN2O5. The van der Waals surface area contributed by atoms with Crippen LogP contribution in [0.5, 0.6) is 11.5 Å². The lowest BCUT2D eigenvalue weighted by Crippen LogP contribution is -2.48. The van der Waals surface area contributed by atoms with Crippen LogP contribution in [0.4, 0.5) is 4.79 Å². The Morgan fingerprint density at radius 2 is 1.94 bits per heavy atom. The molecular weight excluding hydrogens is 464 g/mol. The summed E-state index contributed by atoms with van der Waals surface area (Å²) in [6.45, 7) is 1.53. The molecule has 2 aromatic carbocycles. The molecule has 1 N–H and O–H groups in total. The number of methoxy groups -OCH3 is 1. The molecule has 1 unspecified atom stereocenters. The number of halogens is 1. The van der Waals surface area contributed by atoms with Crippen LogP contribution in [0.2, 0.25) is 0 Å². The second-order valence-electron chi connectivity index (χ2n) is 7.81. The summed E-state index contributed by atoms with van der Waals surface area (Å²) in [5, 5.41) is 9.86. The Kier molecular flexibility index (Phi) is 6.36. The number of piperidine rings is 1. The van der Waals surface area contributed by atoms with Crippen molar-refractivity contribution in [1.82, 2.24) is 9.80 Å². The number of likely N-dealkylation sites (tertiary alicyclic amines) is 1. The molecule has 0 aromatic heterocycles. The van der Waals surface area contributed by atoms with Gasteiger partial charge in [-0.15, -0.1) is 0 Å². The Morgan fingerprint density at radius 1 is 1.23 bits per heavy atom. The molecule has 1 atom stereocenters. The lowest BCUT2D eigenvalue weighted by atomic mass is 9.98. The number of phenolic OH excluding ortho intramolecular Hbond substituents is 1.